The number of esters is 1. The van der Waals surface area contributed by atoms with Crippen LogP contribution in [0.2, 0.25) is 0 Å². The highest BCUT2D eigenvalue weighted by Crippen LogP contribution is 2.14. The molecule has 0 aliphatic rings. The van der Waals surface area contributed by atoms with Gasteiger partial charge in [-0.3, -0.25) is 4.79 Å². The molecule has 0 heterocycles. The maximum atomic E-state index is 12.0. The van der Waals surface area contributed by atoms with E-state index in [2.05, 4.69) is 6.58 Å². The van der Waals surface area contributed by atoms with Crippen molar-refractivity contribution in [3.05, 3.63) is 54.5 Å². The van der Waals surface area contributed by atoms with Crippen LogP contribution in [0, 0.1) is 0 Å². The van der Waals surface area contributed by atoms with E-state index in [0.717, 1.165) is 5.41 Å². The van der Waals surface area contributed by atoms with E-state index in [1.165, 1.54) is 13.0 Å². The molecule has 0 N–H and O–H groups in total. The summed E-state index contributed by atoms with van der Waals surface area (Å²) in [6.45, 7) is 4.96. The molecule has 4 nitrogen and oxygen atoms in total. The average Bonchev–Trinajstić information content (AvgIpc) is 2.45. The van der Waals surface area contributed by atoms with Crippen LogP contribution in [0.25, 0.3) is 0 Å². The van der Waals surface area contributed by atoms with Gasteiger partial charge in [0.2, 0.25) is 0 Å². The van der Waals surface area contributed by atoms with Crippen LogP contribution < -0.4 is 0 Å². The third-order valence-corrected chi connectivity index (χ3v) is 4.25. The van der Waals surface area contributed by atoms with Crippen LogP contribution in [0.1, 0.15) is 26.2 Å². The molecule has 1 aromatic carbocycles. The number of ether oxygens (including phenoxy) is 1. The predicted octanol–water partition coefficient (Wildman–Crippen LogP) is 3.26. The molecule has 0 aliphatic heterocycles. The summed E-state index contributed by atoms with van der Waals surface area (Å²) in [5.74, 6) is -0.372. The van der Waals surface area contributed by atoms with Crippen LogP contribution in [0.5, 0.6) is 0 Å². The molecule has 5 heteroatoms. The van der Waals surface area contributed by atoms with Gasteiger partial charge in [-0.2, -0.15) is 0 Å². The maximum absolute atomic E-state index is 12.0. The molecule has 0 aliphatic carbocycles. The van der Waals surface area contributed by atoms with Gasteiger partial charge in [-0.1, -0.05) is 30.4 Å². The Hall–Kier alpha value is -1.88. The SMILES string of the molecule is C=CCCC(C/C=C/S(=O)(=O)c1ccccc1)OC(C)=O. The normalized spacial score (nSPS) is 13.0. The summed E-state index contributed by atoms with van der Waals surface area (Å²) >= 11 is 0. The number of carbonyl (C=O) groups is 1. The van der Waals surface area contributed by atoms with E-state index in [0.29, 0.717) is 19.3 Å². The van der Waals surface area contributed by atoms with Crippen LogP contribution in [0.4, 0.5) is 0 Å². The topological polar surface area (TPSA) is 60.4 Å². The number of hydrogen-bond acceptors (Lipinski definition) is 4. The van der Waals surface area contributed by atoms with Gasteiger partial charge < -0.3 is 4.74 Å². The first kappa shape index (κ1) is 17.2. The molecule has 1 unspecified atom stereocenters. The minimum absolute atomic E-state index is 0.247. The fourth-order valence-electron chi connectivity index (χ4n) is 1.79. The highest BCUT2D eigenvalue weighted by Gasteiger charge is 2.12. The molecular weight excluding hydrogens is 288 g/mol. The van der Waals surface area contributed by atoms with Crippen molar-refractivity contribution in [2.75, 3.05) is 0 Å². The third-order valence-electron chi connectivity index (χ3n) is 2.77. The second-order valence-electron chi connectivity index (χ2n) is 4.56. The van der Waals surface area contributed by atoms with Gasteiger partial charge in [0.05, 0.1) is 4.90 Å². The van der Waals surface area contributed by atoms with E-state index in [1.807, 2.05) is 0 Å². The number of rotatable bonds is 8. The number of sulfone groups is 1. The monoisotopic (exact) mass is 308 g/mol. The summed E-state index contributed by atoms with van der Waals surface area (Å²) in [6.07, 6.45) is 4.62. The zero-order valence-electron chi connectivity index (χ0n) is 12.1. The molecule has 0 saturated carbocycles. The fourth-order valence-corrected chi connectivity index (χ4v) is 2.84. The van der Waals surface area contributed by atoms with Gasteiger partial charge in [0.25, 0.3) is 0 Å². The molecule has 1 atom stereocenters. The molecule has 0 bridgehead atoms. The lowest BCUT2D eigenvalue weighted by Crippen LogP contribution is -2.15. The Morgan fingerprint density at radius 1 is 1.33 bits per heavy atom. The highest BCUT2D eigenvalue weighted by molar-refractivity contribution is 7.94. The van der Waals surface area contributed by atoms with Crippen LogP contribution in [-0.4, -0.2) is 20.5 Å². The van der Waals surface area contributed by atoms with Crippen molar-refractivity contribution in [3.63, 3.8) is 0 Å². The van der Waals surface area contributed by atoms with Crippen molar-refractivity contribution < 1.29 is 17.9 Å². The lowest BCUT2D eigenvalue weighted by Gasteiger charge is -2.14. The average molecular weight is 308 g/mol. The van der Waals surface area contributed by atoms with Crippen LogP contribution >= 0.6 is 0 Å². The Bertz CT molecular complexity index is 588. The largest absolute Gasteiger partial charge is 0.462 e. The van der Waals surface area contributed by atoms with E-state index in [9.17, 15) is 13.2 Å². The van der Waals surface area contributed by atoms with Crippen molar-refractivity contribution in [2.24, 2.45) is 0 Å². The number of carbonyl (C=O) groups excluding carboxylic acids is 1. The summed E-state index contributed by atoms with van der Waals surface area (Å²) in [7, 11) is -3.45. The van der Waals surface area contributed by atoms with Crippen LogP contribution in [0.3, 0.4) is 0 Å². The zero-order chi connectivity index (χ0) is 15.7. The summed E-state index contributed by atoms with van der Waals surface area (Å²) in [4.78, 5) is 11.3. The molecule has 1 aromatic rings. The smallest absolute Gasteiger partial charge is 0.302 e. The molecule has 114 valence electrons. The van der Waals surface area contributed by atoms with Crippen molar-refractivity contribution in [2.45, 2.75) is 37.2 Å². The minimum Gasteiger partial charge on any atom is -0.462 e. The molecule has 0 fully saturated rings. The lowest BCUT2D eigenvalue weighted by molar-refractivity contribution is -0.146. The first-order chi connectivity index (χ1) is 9.95. The molecule has 0 amide bonds. The Balaban J connectivity index is 2.69. The summed E-state index contributed by atoms with van der Waals surface area (Å²) < 4.78 is 29.2. The van der Waals surface area contributed by atoms with Gasteiger partial charge in [-0.25, -0.2) is 8.42 Å². The second kappa shape index (κ2) is 8.42. The maximum Gasteiger partial charge on any atom is 0.302 e. The molecule has 0 saturated heterocycles. The fraction of sp³-hybridized carbons (Fsp3) is 0.312. The van der Waals surface area contributed by atoms with E-state index in [-0.39, 0.29) is 17.0 Å². The molecule has 0 radical (unpaired) electrons. The quantitative estimate of drug-likeness (QED) is 0.546. The van der Waals surface area contributed by atoms with E-state index < -0.39 is 9.84 Å². The number of benzene rings is 1. The van der Waals surface area contributed by atoms with Gasteiger partial charge in [0.1, 0.15) is 6.10 Å². The molecule has 1 rings (SSSR count). The van der Waals surface area contributed by atoms with Crippen LogP contribution in [-0.2, 0) is 19.4 Å². The molecular formula is C16H20O4S. The van der Waals surface area contributed by atoms with E-state index >= 15 is 0 Å². The number of hydrogen-bond donors (Lipinski definition) is 0. The van der Waals surface area contributed by atoms with Crippen molar-refractivity contribution in [3.8, 4) is 0 Å². The van der Waals surface area contributed by atoms with Crippen molar-refractivity contribution in [1.82, 2.24) is 0 Å². The summed E-state index contributed by atoms with van der Waals surface area (Å²) in [6, 6.07) is 8.19. The van der Waals surface area contributed by atoms with Gasteiger partial charge in [0.15, 0.2) is 9.84 Å². The molecule has 0 aromatic heterocycles. The van der Waals surface area contributed by atoms with Gasteiger partial charge in [-0.15, -0.1) is 6.58 Å². The van der Waals surface area contributed by atoms with Crippen molar-refractivity contribution in [1.29, 1.82) is 0 Å². The first-order valence-electron chi connectivity index (χ1n) is 6.70. The summed E-state index contributed by atoms with van der Waals surface area (Å²) in [5.41, 5.74) is 0. The second-order valence-corrected chi connectivity index (χ2v) is 6.40. The summed E-state index contributed by atoms with van der Waals surface area (Å²) in [5, 5.41) is 1.16. The Morgan fingerprint density at radius 3 is 2.57 bits per heavy atom. The van der Waals surface area contributed by atoms with E-state index in [4.69, 9.17) is 4.74 Å². The van der Waals surface area contributed by atoms with Crippen LogP contribution in [0.15, 0.2) is 59.4 Å². The number of allylic oxidation sites excluding steroid dienone is 1. The first-order valence-corrected chi connectivity index (χ1v) is 8.25. The van der Waals surface area contributed by atoms with Gasteiger partial charge >= 0.3 is 5.97 Å². The third kappa shape index (κ3) is 6.40. The lowest BCUT2D eigenvalue weighted by atomic mass is 10.1. The highest BCUT2D eigenvalue weighted by atomic mass is 32.2. The Labute approximate surface area is 126 Å². The van der Waals surface area contributed by atoms with Crippen molar-refractivity contribution >= 4 is 15.8 Å². The minimum atomic E-state index is -3.45. The Kier molecular flexibility index (Phi) is 6.88. The molecule has 21 heavy (non-hydrogen) atoms. The molecule has 0 spiro atoms. The van der Waals surface area contributed by atoms with Gasteiger partial charge in [-0.05, 0) is 25.0 Å². The zero-order valence-corrected chi connectivity index (χ0v) is 12.9. The predicted molar refractivity (Wildman–Crippen MR) is 82.4 cm³/mol. The van der Waals surface area contributed by atoms with Gasteiger partial charge in [0, 0.05) is 18.8 Å². The van der Waals surface area contributed by atoms with E-state index in [1.54, 1.807) is 36.4 Å². The Morgan fingerprint density at radius 2 is 2.00 bits per heavy atom. The standard InChI is InChI=1S/C16H20O4S/c1-3-4-9-15(20-14(2)17)10-8-13-21(18,19)16-11-6-5-7-12-16/h3,5-8,11-13,15H,1,4,9-10H2,2H3/b13-8+.